The van der Waals surface area contributed by atoms with Gasteiger partial charge in [0.1, 0.15) is 5.82 Å². The minimum absolute atomic E-state index is 0. The highest BCUT2D eigenvalue weighted by atomic mass is 35.5. The van der Waals surface area contributed by atoms with Gasteiger partial charge in [-0.25, -0.2) is 4.39 Å². The van der Waals surface area contributed by atoms with Crippen LogP contribution < -0.4 is 0 Å². The third-order valence-corrected chi connectivity index (χ3v) is 6.74. The topological polar surface area (TPSA) is 3.24 Å². The summed E-state index contributed by atoms with van der Waals surface area (Å²) in [4.78, 5) is 4.03. The summed E-state index contributed by atoms with van der Waals surface area (Å²) in [7, 11) is 0. The molecular weight excluding hydrogens is 365 g/mol. The summed E-state index contributed by atoms with van der Waals surface area (Å²) >= 11 is 2.08. The van der Waals surface area contributed by atoms with Crippen molar-refractivity contribution in [1.29, 1.82) is 0 Å². The standard InChI is InChI=1S/C22H28FNS.ClH/c1-16-14-17(2)22(18(3)15-16)25-21-9-12-24(13-10-21)11-8-19-4-6-20(23)7-5-19;/h4-7,14-15,21H,8-13H2,1-3H3;1H. The van der Waals surface area contributed by atoms with Crippen LogP contribution in [0.15, 0.2) is 41.3 Å². The quantitative estimate of drug-likeness (QED) is 0.615. The third kappa shape index (κ3) is 5.73. The smallest absolute Gasteiger partial charge is 0.123 e. The van der Waals surface area contributed by atoms with E-state index < -0.39 is 0 Å². The molecule has 1 aliphatic heterocycles. The summed E-state index contributed by atoms with van der Waals surface area (Å²) < 4.78 is 13.0. The Morgan fingerprint density at radius 2 is 1.58 bits per heavy atom. The van der Waals surface area contributed by atoms with Crippen LogP contribution in [0.4, 0.5) is 4.39 Å². The maximum Gasteiger partial charge on any atom is 0.123 e. The maximum absolute atomic E-state index is 13.0. The van der Waals surface area contributed by atoms with Crippen molar-refractivity contribution in [1.82, 2.24) is 4.90 Å². The van der Waals surface area contributed by atoms with E-state index in [1.807, 2.05) is 12.1 Å². The van der Waals surface area contributed by atoms with Crippen molar-refractivity contribution in [2.45, 2.75) is 50.2 Å². The van der Waals surface area contributed by atoms with Crippen molar-refractivity contribution in [3.8, 4) is 0 Å². The molecule has 4 heteroatoms. The van der Waals surface area contributed by atoms with E-state index in [9.17, 15) is 4.39 Å². The van der Waals surface area contributed by atoms with Gasteiger partial charge in [-0.3, -0.25) is 0 Å². The molecule has 2 aromatic carbocycles. The average Bonchev–Trinajstić information content (AvgIpc) is 2.59. The molecule has 3 rings (SSSR count). The fraction of sp³-hybridized carbons (Fsp3) is 0.455. The SMILES string of the molecule is Cc1cc(C)c(SC2CCN(CCc3ccc(F)cc3)CC2)c(C)c1.Cl. The second kappa shape index (κ2) is 9.77. The number of aryl methyl sites for hydroxylation is 3. The molecule has 0 atom stereocenters. The second-order valence-electron chi connectivity index (χ2n) is 7.26. The largest absolute Gasteiger partial charge is 0.303 e. The zero-order valence-electron chi connectivity index (χ0n) is 15.9. The Labute approximate surface area is 167 Å². The summed E-state index contributed by atoms with van der Waals surface area (Å²) in [5.41, 5.74) is 5.42. The van der Waals surface area contributed by atoms with Crippen LogP contribution >= 0.6 is 24.2 Å². The Balaban J connectivity index is 0.00000243. The number of nitrogens with zero attached hydrogens (tertiary/aromatic N) is 1. The Morgan fingerprint density at radius 1 is 1.00 bits per heavy atom. The molecule has 1 nitrogen and oxygen atoms in total. The number of hydrogen-bond acceptors (Lipinski definition) is 2. The summed E-state index contributed by atoms with van der Waals surface area (Å²) in [6.45, 7) is 10.1. The molecule has 0 spiro atoms. The van der Waals surface area contributed by atoms with Gasteiger partial charge in [-0.1, -0.05) is 29.8 Å². The van der Waals surface area contributed by atoms with Crippen LogP contribution in [0.2, 0.25) is 0 Å². The Bertz CT molecular complexity index is 686. The van der Waals surface area contributed by atoms with Crippen LogP contribution in [0.1, 0.15) is 35.1 Å². The second-order valence-corrected chi connectivity index (χ2v) is 8.57. The van der Waals surface area contributed by atoms with Gasteiger partial charge in [0.15, 0.2) is 0 Å². The molecule has 0 unspecified atom stereocenters. The van der Waals surface area contributed by atoms with Crippen LogP contribution in [0.5, 0.6) is 0 Å². The number of likely N-dealkylation sites (tertiary alicyclic amines) is 1. The monoisotopic (exact) mass is 393 g/mol. The first-order chi connectivity index (χ1) is 12.0. The van der Waals surface area contributed by atoms with Crippen molar-refractivity contribution >= 4 is 24.2 Å². The Morgan fingerprint density at radius 3 is 2.15 bits per heavy atom. The minimum Gasteiger partial charge on any atom is -0.303 e. The van der Waals surface area contributed by atoms with Gasteiger partial charge >= 0.3 is 0 Å². The molecule has 0 bridgehead atoms. The van der Waals surface area contributed by atoms with Crippen LogP contribution in [0.25, 0.3) is 0 Å². The van der Waals surface area contributed by atoms with Crippen LogP contribution in [0.3, 0.4) is 0 Å². The number of piperidine rings is 1. The van der Waals surface area contributed by atoms with E-state index in [2.05, 4.69) is 49.6 Å². The lowest BCUT2D eigenvalue weighted by molar-refractivity contribution is 0.235. The molecule has 1 heterocycles. The average molecular weight is 394 g/mol. The highest BCUT2D eigenvalue weighted by Crippen LogP contribution is 2.35. The lowest BCUT2D eigenvalue weighted by Gasteiger charge is -2.32. The van der Waals surface area contributed by atoms with Crippen LogP contribution in [0, 0.1) is 26.6 Å². The van der Waals surface area contributed by atoms with Crippen molar-refractivity contribution in [2.75, 3.05) is 19.6 Å². The first kappa shape index (κ1) is 21.3. The van der Waals surface area contributed by atoms with E-state index in [1.165, 1.54) is 53.1 Å². The fourth-order valence-corrected chi connectivity index (χ4v) is 4.98. The lowest BCUT2D eigenvalue weighted by Crippen LogP contribution is -2.36. The predicted octanol–water partition coefficient (Wildman–Crippen LogP) is 5.97. The van der Waals surface area contributed by atoms with Crippen molar-refractivity contribution in [2.24, 2.45) is 0 Å². The Kier molecular flexibility index (Phi) is 8.00. The van der Waals surface area contributed by atoms with Gasteiger partial charge < -0.3 is 4.90 Å². The fourth-order valence-electron chi connectivity index (χ4n) is 3.71. The van der Waals surface area contributed by atoms with E-state index in [0.29, 0.717) is 0 Å². The highest BCUT2D eigenvalue weighted by Gasteiger charge is 2.21. The molecular formula is C22H29ClFNS. The summed E-state index contributed by atoms with van der Waals surface area (Å²) in [5.74, 6) is -0.150. The molecule has 26 heavy (non-hydrogen) atoms. The minimum atomic E-state index is -0.150. The summed E-state index contributed by atoms with van der Waals surface area (Å²) in [5, 5.41) is 0.724. The van der Waals surface area contributed by atoms with Gasteiger partial charge in [-0.15, -0.1) is 24.2 Å². The molecule has 142 valence electrons. The zero-order valence-corrected chi connectivity index (χ0v) is 17.6. The van der Waals surface area contributed by atoms with E-state index in [-0.39, 0.29) is 18.2 Å². The molecule has 0 radical (unpaired) electrons. The van der Waals surface area contributed by atoms with Crippen LogP contribution in [-0.2, 0) is 6.42 Å². The summed E-state index contributed by atoms with van der Waals surface area (Å²) in [6.07, 6.45) is 3.51. The maximum atomic E-state index is 13.0. The normalized spacial score (nSPS) is 15.7. The molecule has 0 amide bonds. The number of rotatable bonds is 5. The van der Waals surface area contributed by atoms with Gasteiger partial charge in [0.2, 0.25) is 0 Å². The molecule has 1 fully saturated rings. The highest BCUT2D eigenvalue weighted by molar-refractivity contribution is 8.00. The third-order valence-electron chi connectivity index (χ3n) is 5.05. The van der Waals surface area contributed by atoms with Gasteiger partial charge in [0, 0.05) is 16.7 Å². The molecule has 0 aliphatic carbocycles. The lowest BCUT2D eigenvalue weighted by atomic mass is 10.1. The van der Waals surface area contributed by atoms with Gasteiger partial charge in [-0.2, -0.15) is 0 Å². The van der Waals surface area contributed by atoms with Crippen LogP contribution in [-0.4, -0.2) is 29.8 Å². The predicted molar refractivity (Wildman–Crippen MR) is 113 cm³/mol. The van der Waals surface area contributed by atoms with Crippen molar-refractivity contribution in [3.05, 3.63) is 64.5 Å². The first-order valence-corrected chi connectivity index (χ1v) is 10.1. The number of thioether (sulfide) groups is 1. The Hall–Kier alpha value is -1.03. The summed E-state index contributed by atoms with van der Waals surface area (Å²) in [6, 6.07) is 11.5. The molecule has 2 aromatic rings. The van der Waals surface area contributed by atoms with Crippen molar-refractivity contribution < 1.29 is 4.39 Å². The molecule has 0 aromatic heterocycles. The number of hydrogen-bond donors (Lipinski definition) is 0. The van der Waals surface area contributed by atoms with E-state index >= 15 is 0 Å². The van der Waals surface area contributed by atoms with Gasteiger partial charge in [-0.05, 0) is 81.9 Å². The van der Waals surface area contributed by atoms with E-state index in [0.717, 1.165) is 18.2 Å². The van der Waals surface area contributed by atoms with E-state index in [1.54, 1.807) is 12.1 Å². The number of benzene rings is 2. The molecule has 1 aliphatic rings. The van der Waals surface area contributed by atoms with Gasteiger partial charge in [0.05, 0.1) is 0 Å². The van der Waals surface area contributed by atoms with Crippen molar-refractivity contribution in [3.63, 3.8) is 0 Å². The molecule has 1 saturated heterocycles. The number of halogens is 2. The van der Waals surface area contributed by atoms with Gasteiger partial charge in [0.25, 0.3) is 0 Å². The molecule has 0 N–H and O–H groups in total. The first-order valence-electron chi connectivity index (χ1n) is 9.22. The zero-order chi connectivity index (χ0) is 17.8. The molecule has 0 saturated carbocycles. The van der Waals surface area contributed by atoms with E-state index in [4.69, 9.17) is 0 Å².